The molecule has 2 aromatic rings. The van der Waals surface area contributed by atoms with Gasteiger partial charge in [-0.3, -0.25) is 0 Å². The lowest BCUT2D eigenvalue weighted by molar-refractivity contribution is 0.319. The van der Waals surface area contributed by atoms with Gasteiger partial charge in [-0.1, -0.05) is 36.8 Å². The highest BCUT2D eigenvalue weighted by Crippen LogP contribution is 2.25. The molecule has 0 aromatic heterocycles. The van der Waals surface area contributed by atoms with Crippen LogP contribution in [0.3, 0.4) is 0 Å². The quantitative estimate of drug-likeness (QED) is 0.755. The fourth-order valence-electron chi connectivity index (χ4n) is 2.20. The van der Waals surface area contributed by atoms with E-state index in [2.05, 4.69) is 43.4 Å². The first-order valence-corrected chi connectivity index (χ1v) is 7.51. The largest absolute Gasteiger partial charge is 0.491 e. The van der Waals surface area contributed by atoms with Gasteiger partial charge in [0.2, 0.25) is 0 Å². The second-order valence-corrected chi connectivity index (χ2v) is 5.27. The first-order chi connectivity index (χ1) is 10.2. The number of hydrogen-bond donors (Lipinski definition) is 2. The van der Waals surface area contributed by atoms with Crippen LogP contribution in [0.1, 0.15) is 24.5 Å². The van der Waals surface area contributed by atoms with Crippen molar-refractivity contribution in [2.24, 2.45) is 0 Å². The van der Waals surface area contributed by atoms with Gasteiger partial charge < -0.3 is 15.8 Å². The highest BCUT2D eigenvalue weighted by molar-refractivity contribution is 5.61. The van der Waals surface area contributed by atoms with Crippen LogP contribution in [0.5, 0.6) is 5.75 Å². The number of aryl methyl sites for hydroxylation is 1. The van der Waals surface area contributed by atoms with Crippen LogP contribution < -0.4 is 15.8 Å². The van der Waals surface area contributed by atoms with Crippen molar-refractivity contribution in [1.82, 2.24) is 0 Å². The number of anilines is 2. The molecule has 2 aromatic carbocycles. The summed E-state index contributed by atoms with van der Waals surface area (Å²) in [6.45, 7) is 5.78. The summed E-state index contributed by atoms with van der Waals surface area (Å²) in [4.78, 5) is 0. The van der Waals surface area contributed by atoms with Crippen molar-refractivity contribution in [1.29, 1.82) is 0 Å². The second kappa shape index (κ2) is 7.58. The number of nitrogens with two attached hydrogens (primary N) is 1. The smallest absolute Gasteiger partial charge is 0.144 e. The van der Waals surface area contributed by atoms with E-state index in [0.29, 0.717) is 12.3 Å². The second-order valence-electron chi connectivity index (χ2n) is 5.27. The van der Waals surface area contributed by atoms with E-state index in [4.69, 9.17) is 10.5 Å². The third-order valence-corrected chi connectivity index (χ3v) is 3.30. The lowest BCUT2D eigenvalue weighted by atomic mass is 10.1. The van der Waals surface area contributed by atoms with Crippen LogP contribution in [0.2, 0.25) is 0 Å². The molecule has 2 rings (SSSR count). The van der Waals surface area contributed by atoms with Crippen LogP contribution in [0.25, 0.3) is 0 Å². The van der Waals surface area contributed by atoms with Crippen molar-refractivity contribution in [3.8, 4) is 5.75 Å². The third kappa shape index (κ3) is 4.71. The molecule has 0 aliphatic rings. The summed E-state index contributed by atoms with van der Waals surface area (Å²) in [7, 11) is 0. The Morgan fingerprint density at radius 2 is 2.00 bits per heavy atom. The van der Waals surface area contributed by atoms with E-state index >= 15 is 0 Å². The maximum Gasteiger partial charge on any atom is 0.144 e. The van der Waals surface area contributed by atoms with Crippen molar-refractivity contribution in [2.45, 2.75) is 26.7 Å². The van der Waals surface area contributed by atoms with E-state index in [1.54, 1.807) is 0 Å². The summed E-state index contributed by atoms with van der Waals surface area (Å²) in [6.07, 6.45) is 1.97. The first-order valence-electron chi connectivity index (χ1n) is 7.51. The fourth-order valence-corrected chi connectivity index (χ4v) is 2.20. The Kier molecular flexibility index (Phi) is 5.50. The molecule has 112 valence electrons. The van der Waals surface area contributed by atoms with Gasteiger partial charge in [0.05, 0.1) is 12.3 Å². The van der Waals surface area contributed by atoms with Gasteiger partial charge in [0.15, 0.2) is 0 Å². The molecule has 0 fully saturated rings. The molecule has 0 spiro atoms. The lowest BCUT2D eigenvalue weighted by Gasteiger charge is -2.12. The summed E-state index contributed by atoms with van der Waals surface area (Å²) in [5, 5.41) is 3.42. The molecule has 0 aliphatic carbocycles. The summed E-state index contributed by atoms with van der Waals surface area (Å²) in [5.74, 6) is 0.761. The van der Waals surface area contributed by atoms with E-state index in [0.717, 1.165) is 30.8 Å². The maximum absolute atomic E-state index is 5.91. The Bertz CT molecular complexity index is 581. The van der Waals surface area contributed by atoms with Gasteiger partial charge in [-0.15, -0.1) is 0 Å². The third-order valence-electron chi connectivity index (χ3n) is 3.30. The minimum Gasteiger partial charge on any atom is -0.491 e. The number of benzene rings is 2. The molecule has 0 saturated carbocycles. The molecule has 3 heteroatoms. The Morgan fingerprint density at radius 1 is 1.14 bits per heavy atom. The molecule has 3 N–H and O–H groups in total. The zero-order chi connectivity index (χ0) is 15.1. The minimum atomic E-state index is 0.688. The molecule has 0 bridgehead atoms. The Hall–Kier alpha value is -2.16. The summed E-state index contributed by atoms with van der Waals surface area (Å²) in [6, 6.07) is 14.5. The first kappa shape index (κ1) is 15.2. The van der Waals surface area contributed by atoms with Crippen molar-refractivity contribution in [3.63, 3.8) is 0 Å². The van der Waals surface area contributed by atoms with Crippen molar-refractivity contribution in [2.75, 3.05) is 24.2 Å². The van der Waals surface area contributed by atoms with Crippen molar-refractivity contribution >= 4 is 11.4 Å². The predicted molar refractivity (Wildman–Crippen MR) is 90.0 cm³/mol. The molecule has 0 unspecified atom stereocenters. The van der Waals surface area contributed by atoms with Gasteiger partial charge in [-0.25, -0.2) is 0 Å². The van der Waals surface area contributed by atoms with E-state index in [1.165, 1.54) is 11.1 Å². The molecular weight excluding hydrogens is 260 g/mol. The number of rotatable bonds is 7. The van der Waals surface area contributed by atoms with Crippen molar-refractivity contribution < 1.29 is 4.74 Å². The van der Waals surface area contributed by atoms with Crippen LogP contribution in [0.4, 0.5) is 11.4 Å². The molecule has 0 amide bonds. The van der Waals surface area contributed by atoms with Gasteiger partial charge in [-0.2, -0.15) is 0 Å². The SMILES string of the molecule is CCCOc1cc(NCCc2cccc(C)c2)ccc1N. The van der Waals surface area contributed by atoms with Gasteiger partial charge in [0.25, 0.3) is 0 Å². The van der Waals surface area contributed by atoms with Crippen molar-refractivity contribution in [3.05, 3.63) is 53.6 Å². The van der Waals surface area contributed by atoms with E-state index in [1.807, 2.05) is 18.2 Å². The normalized spacial score (nSPS) is 10.4. The lowest BCUT2D eigenvalue weighted by Crippen LogP contribution is -2.06. The van der Waals surface area contributed by atoms with E-state index in [9.17, 15) is 0 Å². The summed E-state index contributed by atoms with van der Waals surface area (Å²) < 4.78 is 5.64. The van der Waals surface area contributed by atoms with Gasteiger partial charge in [0, 0.05) is 18.3 Å². The minimum absolute atomic E-state index is 0.688. The molecule has 0 atom stereocenters. The van der Waals surface area contributed by atoms with Crippen LogP contribution >= 0.6 is 0 Å². The van der Waals surface area contributed by atoms with Gasteiger partial charge in [-0.05, 0) is 37.5 Å². The standard InChI is InChI=1S/C18H24N2O/c1-3-11-21-18-13-16(7-8-17(18)19)20-10-9-15-6-4-5-14(2)12-15/h4-8,12-13,20H,3,9-11,19H2,1-2H3. The zero-order valence-electron chi connectivity index (χ0n) is 12.9. The Morgan fingerprint density at radius 3 is 2.76 bits per heavy atom. The predicted octanol–water partition coefficient (Wildman–Crippen LogP) is 4.02. The number of nitrogen functional groups attached to an aromatic ring is 1. The summed E-state index contributed by atoms with van der Waals surface area (Å²) in [5.41, 5.74) is 10.3. The summed E-state index contributed by atoms with van der Waals surface area (Å²) >= 11 is 0. The van der Waals surface area contributed by atoms with E-state index in [-0.39, 0.29) is 0 Å². The topological polar surface area (TPSA) is 47.3 Å². The van der Waals surface area contributed by atoms with E-state index < -0.39 is 0 Å². The highest BCUT2D eigenvalue weighted by Gasteiger charge is 2.02. The Labute approximate surface area is 127 Å². The molecular formula is C18H24N2O. The molecule has 0 saturated heterocycles. The number of hydrogen-bond acceptors (Lipinski definition) is 3. The van der Waals surface area contributed by atoms with Gasteiger partial charge in [0.1, 0.15) is 5.75 Å². The van der Waals surface area contributed by atoms with Gasteiger partial charge >= 0.3 is 0 Å². The van der Waals surface area contributed by atoms with Crippen LogP contribution in [-0.4, -0.2) is 13.2 Å². The maximum atomic E-state index is 5.91. The number of nitrogens with one attached hydrogen (secondary N) is 1. The molecule has 3 nitrogen and oxygen atoms in total. The molecule has 0 radical (unpaired) electrons. The van der Waals surface area contributed by atoms with Crippen LogP contribution in [0.15, 0.2) is 42.5 Å². The molecule has 0 heterocycles. The molecule has 0 aliphatic heterocycles. The monoisotopic (exact) mass is 284 g/mol. The average Bonchev–Trinajstić information content (AvgIpc) is 2.48. The zero-order valence-corrected chi connectivity index (χ0v) is 12.9. The molecule has 21 heavy (non-hydrogen) atoms. The van der Waals surface area contributed by atoms with Crippen LogP contribution in [0, 0.1) is 6.92 Å². The van der Waals surface area contributed by atoms with Crippen LogP contribution in [-0.2, 0) is 6.42 Å². The average molecular weight is 284 g/mol. The highest BCUT2D eigenvalue weighted by atomic mass is 16.5. The number of ether oxygens (including phenoxy) is 1. The Balaban J connectivity index is 1.91. The fraction of sp³-hybridized carbons (Fsp3) is 0.333.